The fourth-order valence-electron chi connectivity index (χ4n) is 1.47. The summed E-state index contributed by atoms with van der Waals surface area (Å²) < 4.78 is 0.999. The van der Waals surface area contributed by atoms with Crippen LogP contribution in [0.1, 0.15) is 15.9 Å². The predicted molar refractivity (Wildman–Crippen MR) is 75.5 cm³/mol. The molecule has 0 unspecified atom stereocenters. The molecule has 0 spiro atoms. The third kappa shape index (κ3) is 3.45. The lowest BCUT2D eigenvalue weighted by Crippen LogP contribution is -1.86. The summed E-state index contributed by atoms with van der Waals surface area (Å²) in [5, 5.41) is 0. The van der Waals surface area contributed by atoms with E-state index in [1.807, 2.05) is 36.4 Å². The molecule has 0 aromatic heterocycles. The Kier molecular flexibility index (Phi) is 4.40. The van der Waals surface area contributed by atoms with Gasteiger partial charge in [0.15, 0.2) is 6.29 Å². The van der Waals surface area contributed by atoms with E-state index in [9.17, 15) is 4.79 Å². The molecule has 0 N–H and O–H groups in total. The summed E-state index contributed by atoms with van der Waals surface area (Å²) in [6, 6.07) is 15.9. The van der Waals surface area contributed by atoms with Crippen molar-refractivity contribution in [2.24, 2.45) is 0 Å². The number of carbonyl (C=O) groups excluding carboxylic acids is 1. The highest BCUT2D eigenvalue weighted by molar-refractivity contribution is 9.10. The van der Waals surface area contributed by atoms with Crippen LogP contribution in [0.25, 0.3) is 0 Å². The van der Waals surface area contributed by atoms with Gasteiger partial charge in [-0.3, -0.25) is 4.79 Å². The zero-order valence-electron chi connectivity index (χ0n) is 9.10. The average Bonchev–Trinajstić information content (AvgIpc) is 2.38. The zero-order chi connectivity index (χ0) is 12.1. The van der Waals surface area contributed by atoms with Crippen molar-refractivity contribution >= 4 is 34.0 Å². The van der Waals surface area contributed by atoms with Gasteiger partial charge in [0.2, 0.25) is 0 Å². The van der Waals surface area contributed by atoms with E-state index in [4.69, 9.17) is 0 Å². The van der Waals surface area contributed by atoms with Crippen LogP contribution < -0.4 is 0 Å². The maximum Gasteiger partial charge on any atom is 0.151 e. The van der Waals surface area contributed by atoms with Gasteiger partial charge in [-0.15, -0.1) is 11.8 Å². The van der Waals surface area contributed by atoms with Crippen LogP contribution in [0.5, 0.6) is 0 Å². The zero-order valence-corrected chi connectivity index (χ0v) is 11.5. The Bertz CT molecular complexity index is 511. The maximum absolute atomic E-state index is 10.9. The first-order valence-electron chi connectivity index (χ1n) is 5.21. The van der Waals surface area contributed by atoms with Crippen molar-refractivity contribution in [3.8, 4) is 0 Å². The Morgan fingerprint density at radius 2 is 1.88 bits per heavy atom. The summed E-state index contributed by atoms with van der Waals surface area (Å²) in [5.74, 6) is 0.873. The number of halogens is 1. The molecule has 0 saturated heterocycles. The second kappa shape index (κ2) is 6.03. The lowest BCUT2D eigenvalue weighted by Gasteiger charge is -2.05. The molecule has 86 valence electrons. The van der Waals surface area contributed by atoms with Crippen molar-refractivity contribution < 1.29 is 4.79 Å². The number of hydrogen-bond donors (Lipinski definition) is 0. The largest absolute Gasteiger partial charge is 0.298 e. The highest BCUT2D eigenvalue weighted by atomic mass is 79.9. The average molecular weight is 307 g/mol. The SMILES string of the molecule is O=Cc1ccc(Br)cc1SCc1ccccc1. The number of thioether (sulfide) groups is 1. The van der Waals surface area contributed by atoms with Gasteiger partial charge in [0, 0.05) is 20.7 Å². The van der Waals surface area contributed by atoms with Crippen LogP contribution in [0.2, 0.25) is 0 Å². The molecule has 0 fully saturated rings. The molecule has 0 heterocycles. The van der Waals surface area contributed by atoms with Gasteiger partial charge in [-0.1, -0.05) is 46.3 Å². The minimum Gasteiger partial charge on any atom is -0.298 e. The second-order valence-corrected chi connectivity index (χ2v) is 5.51. The van der Waals surface area contributed by atoms with Crippen molar-refractivity contribution in [1.29, 1.82) is 0 Å². The van der Waals surface area contributed by atoms with Crippen LogP contribution in [0.3, 0.4) is 0 Å². The number of aldehydes is 1. The third-order valence-electron chi connectivity index (χ3n) is 2.34. The summed E-state index contributed by atoms with van der Waals surface area (Å²) >= 11 is 5.10. The summed E-state index contributed by atoms with van der Waals surface area (Å²) in [5.41, 5.74) is 2.00. The van der Waals surface area contributed by atoms with E-state index in [1.54, 1.807) is 11.8 Å². The Hall–Kier alpha value is -1.06. The molecular formula is C14H11BrOS. The Balaban J connectivity index is 2.13. The van der Waals surface area contributed by atoms with Crippen molar-refractivity contribution in [2.45, 2.75) is 10.6 Å². The number of hydrogen-bond acceptors (Lipinski definition) is 2. The molecule has 0 aliphatic heterocycles. The van der Waals surface area contributed by atoms with E-state index < -0.39 is 0 Å². The molecule has 0 saturated carbocycles. The molecule has 0 amide bonds. The lowest BCUT2D eigenvalue weighted by molar-refractivity contribution is 0.112. The maximum atomic E-state index is 10.9. The Morgan fingerprint density at radius 1 is 1.12 bits per heavy atom. The van der Waals surface area contributed by atoms with E-state index in [-0.39, 0.29) is 0 Å². The van der Waals surface area contributed by atoms with Crippen LogP contribution in [-0.4, -0.2) is 6.29 Å². The standard InChI is InChI=1S/C14H11BrOS/c15-13-7-6-12(9-16)14(8-13)17-10-11-4-2-1-3-5-11/h1-9H,10H2. The third-order valence-corrected chi connectivity index (χ3v) is 3.98. The van der Waals surface area contributed by atoms with E-state index in [1.165, 1.54) is 5.56 Å². The smallest absolute Gasteiger partial charge is 0.151 e. The van der Waals surface area contributed by atoms with Crippen molar-refractivity contribution in [1.82, 2.24) is 0 Å². The summed E-state index contributed by atoms with van der Waals surface area (Å²) in [7, 11) is 0. The molecule has 1 nitrogen and oxygen atoms in total. The first-order chi connectivity index (χ1) is 8.29. The summed E-state index contributed by atoms with van der Waals surface area (Å²) in [4.78, 5) is 11.9. The molecule has 2 rings (SSSR count). The van der Waals surface area contributed by atoms with E-state index in [2.05, 4.69) is 28.1 Å². The van der Waals surface area contributed by atoms with Crippen molar-refractivity contribution in [3.05, 3.63) is 64.1 Å². The minimum absolute atomic E-state index is 0.745. The highest BCUT2D eigenvalue weighted by Gasteiger charge is 2.03. The van der Waals surface area contributed by atoms with Crippen LogP contribution >= 0.6 is 27.7 Å². The normalized spacial score (nSPS) is 10.2. The van der Waals surface area contributed by atoms with E-state index in [0.717, 1.165) is 27.0 Å². The van der Waals surface area contributed by atoms with Crippen LogP contribution in [0.15, 0.2) is 57.9 Å². The van der Waals surface area contributed by atoms with Gasteiger partial charge in [0.05, 0.1) is 0 Å². The molecule has 17 heavy (non-hydrogen) atoms. The van der Waals surface area contributed by atoms with Gasteiger partial charge in [0.25, 0.3) is 0 Å². The molecule has 2 aromatic rings. The predicted octanol–water partition coefficient (Wildman–Crippen LogP) is 4.55. The van der Waals surface area contributed by atoms with Gasteiger partial charge < -0.3 is 0 Å². The first kappa shape index (κ1) is 12.4. The van der Waals surface area contributed by atoms with Crippen LogP contribution in [-0.2, 0) is 5.75 Å². The van der Waals surface area contributed by atoms with Gasteiger partial charge in [0.1, 0.15) is 0 Å². The fourth-order valence-corrected chi connectivity index (χ4v) is 2.99. The molecule has 0 aliphatic rings. The van der Waals surface area contributed by atoms with Crippen molar-refractivity contribution in [2.75, 3.05) is 0 Å². The summed E-state index contributed by atoms with van der Waals surface area (Å²) in [6.07, 6.45) is 0.903. The summed E-state index contributed by atoms with van der Waals surface area (Å²) in [6.45, 7) is 0. The monoisotopic (exact) mass is 306 g/mol. The van der Waals surface area contributed by atoms with Crippen LogP contribution in [0, 0.1) is 0 Å². The van der Waals surface area contributed by atoms with Gasteiger partial charge in [-0.25, -0.2) is 0 Å². The van der Waals surface area contributed by atoms with Gasteiger partial charge in [-0.05, 0) is 23.8 Å². The fraction of sp³-hybridized carbons (Fsp3) is 0.0714. The quantitative estimate of drug-likeness (QED) is 0.609. The lowest BCUT2D eigenvalue weighted by atomic mass is 10.2. The first-order valence-corrected chi connectivity index (χ1v) is 6.99. The Morgan fingerprint density at radius 3 is 2.59 bits per heavy atom. The molecular weight excluding hydrogens is 296 g/mol. The van der Waals surface area contributed by atoms with Crippen molar-refractivity contribution in [3.63, 3.8) is 0 Å². The molecule has 3 heteroatoms. The van der Waals surface area contributed by atoms with Crippen LogP contribution in [0.4, 0.5) is 0 Å². The number of carbonyl (C=O) groups is 1. The molecule has 0 aliphatic carbocycles. The van der Waals surface area contributed by atoms with Gasteiger partial charge in [-0.2, -0.15) is 0 Å². The Labute approximate surface area is 113 Å². The highest BCUT2D eigenvalue weighted by Crippen LogP contribution is 2.28. The molecule has 0 radical (unpaired) electrons. The van der Waals surface area contributed by atoms with E-state index in [0.29, 0.717) is 0 Å². The molecule has 2 aromatic carbocycles. The number of rotatable bonds is 4. The minimum atomic E-state index is 0.745. The second-order valence-electron chi connectivity index (χ2n) is 3.57. The topological polar surface area (TPSA) is 17.1 Å². The number of benzene rings is 2. The van der Waals surface area contributed by atoms with E-state index >= 15 is 0 Å². The molecule has 0 atom stereocenters. The molecule has 0 bridgehead atoms. The van der Waals surface area contributed by atoms with Gasteiger partial charge >= 0.3 is 0 Å².